The van der Waals surface area contributed by atoms with Crippen LogP contribution in [0.1, 0.15) is 56.2 Å². The van der Waals surface area contributed by atoms with Crippen molar-refractivity contribution in [2.24, 2.45) is 5.92 Å². The number of pyridine rings is 1. The van der Waals surface area contributed by atoms with Crippen LogP contribution in [0.4, 0.5) is 21.8 Å². The van der Waals surface area contributed by atoms with Crippen LogP contribution in [0.3, 0.4) is 0 Å². The molecule has 180 valence electrons. The topological polar surface area (TPSA) is 63.2 Å². The number of hydrogen-bond acceptors (Lipinski definition) is 6. The highest BCUT2D eigenvalue weighted by Crippen LogP contribution is 2.34. The van der Waals surface area contributed by atoms with Gasteiger partial charge in [-0.25, -0.2) is 9.37 Å². The van der Waals surface area contributed by atoms with Gasteiger partial charge in [0, 0.05) is 31.2 Å². The fourth-order valence-corrected chi connectivity index (χ4v) is 4.48. The fraction of sp³-hybridized carbons (Fsp3) is 0.444. The SMILES string of the molecule is CCOc1cc(C)c(Nc2nc(N3CCC(Cc4ccncc4)CC3)ncc2F)cc1C(C)C. The molecule has 1 aromatic carbocycles. The Kier molecular flexibility index (Phi) is 7.60. The van der Waals surface area contributed by atoms with Crippen molar-refractivity contribution >= 4 is 17.5 Å². The standard InChI is InChI=1S/C27H34FN5O/c1-5-34-25-14-19(4)24(16-22(25)18(2)3)31-26-23(28)17-30-27(32-26)33-12-8-21(9-13-33)15-20-6-10-29-11-7-20/h6-7,10-11,14,16-18,21H,5,8-9,12-13,15H2,1-4H3,(H,30,31,32). The van der Waals surface area contributed by atoms with Crippen molar-refractivity contribution in [2.45, 2.75) is 52.9 Å². The first-order valence-electron chi connectivity index (χ1n) is 12.1. The molecule has 6 nitrogen and oxygen atoms in total. The van der Waals surface area contributed by atoms with Gasteiger partial charge in [0.2, 0.25) is 5.95 Å². The third kappa shape index (κ3) is 5.64. The van der Waals surface area contributed by atoms with Crippen LogP contribution in [0.15, 0.2) is 42.9 Å². The lowest BCUT2D eigenvalue weighted by molar-refractivity contribution is 0.335. The average Bonchev–Trinajstić information content (AvgIpc) is 2.83. The number of halogens is 1. The normalized spacial score (nSPS) is 14.5. The molecule has 1 saturated heterocycles. The Hall–Kier alpha value is -3.22. The first-order chi connectivity index (χ1) is 16.4. The summed E-state index contributed by atoms with van der Waals surface area (Å²) in [5, 5.41) is 3.21. The highest BCUT2D eigenvalue weighted by molar-refractivity contribution is 5.65. The van der Waals surface area contributed by atoms with Crippen LogP contribution >= 0.6 is 0 Å². The molecule has 0 amide bonds. The number of aromatic nitrogens is 3. The molecule has 0 spiro atoms. The van der Waals surface area contributed by atoms with Crippen molar-refractivity contribution in [3.63, 3.8) is 0 Å². The summed E-state index contributed by atoms with van der Waals surface area (Å²) < 4.78 is 20.5. The molecule has 1 aliphatic heterocycles. The number of benzene rings is 1. The summed E-state index contributed by atoms with van der Waals surface area (Å²) in [6, 6.07) is 8.22. The summed E-state index contributed by atoms with van der Waals surface area (Å²) in [4.78, 5) is 15.1. The van der Waals surface area contributed by atoms with Gasteiger partial charge in [0.15, 0.2) is 11.6 Å². The third-order valence-electron chi connectivity index (χ3n) is 6.43. The van der Waals surface area contributed by atoms with Gasteiger partial charge in [-0.1, -0.05) is 13.8 Å². The lowest BCUT2D eigenvalue weighted by atomic mass is 9.90. The van der Waals surface area contributed by atoms with Crippen LogP contribution in [-0.2, 0) is 6.42 Å². The highest BCUT2D eigenvalue weighted by Gasteiger charge is 2.22. The van der Waals surface area contributed by atoms with Gasteiger partial charge in [-0.15, -0.1) is 0 Å². The molecule has 1 fully saturated rings. The highest BCUT2D eigenvalue weighted by atomic mass is 19.1. The molecule has 0 aliphatic carbocycles. The van der Waals surface area contributed by atoms with Crippen molar-refractivity contribution < 1.29 is 9.13 Å². The molecule has 1 aliphatic rings. The Morgan fingerprint density at radius 2 is 1.91 bits per heavy atom. The fourth-order valence-electron chi connectivity index (χ4n) is 4.48. The Bertz CT molecular complexity index is 1100. The zero-order valence-corrected chi connectivity index (χ0v) is 20.5. The Balaban J connectivity index is 1.47. The van der Waals surface area contributed by atoms with E-state index in [0.717, 1.165) is 54.9 Å². The van der Waals surface area contributed by atoms with Gasteiger partial charge >= 0.3 is 0 Å². The van der Waals surface area contributed by atoms with Crippen LogP contribution in [0.5, 0.6) is 5.75 Å². The van der Waals surface area contributed by atoms with Gasteiger partial charge < -0.3 is 15.0 Å². The van der Waals surface area contributed by atoms with Crippen LogP contribution in [0.2, 0.25) is 0 Å². The summed E-state index contributed by atoms with van der Waals surface area (Å²) in [7, 11) is 0. The lowest BCUT2D eigenvalue weighted by Crippen LogP contribution is -2.35. The number of rotatable bonds is 8. The molecule has 3 heterocycles. The number of aryl methyl sites for hydroxylation is 1. The number of nitrogens with zero attached hydrogens (tertiary/aromatic N) is 4. The minimum atomic E-state index is -0.462. The van der Waals surface area contributed by atoms with Crippen LogP contribution in [0, 0.1) is 18.7 Å². The second-order valence-electron chi connectivity index (χ2n) is 9.27. The van der Waals surface area contributed by atoms with E-state index in [4.69, 9.17) is 4.74 Å². The van der Waals surface area contributed by atoms with E-state index in [2.05, 4.69) is 51.1 Å². The molecule has 2 aromatic heterocycles. The van der Waals surface area contributed by atoms with Gasteiger partial charge in [0.1, 0.15) is 5.75 Å². The summed E-state index contributed by atoms with van der Waals surface area (Å²) in [5.41, 5.74) is 4.21. The average molecular weight is 464 g/mol. The monoisotopic (exact) mass is 463 g/mol. The molecule has 7 heteroatoms. The zero-order chi connectivity index (χ0) is 24.1. The lowest BCUT2D eigenvalue weighted by Gasteiger charge is -2.32. The Morgan fingerprint density at radius 3 is 2.59 bits per heavy atom. The van der Waals surface area contributed by atoms with E-state index >= 15 is 0 Å². The van der Waals surface area contributed by atoms with Crippen LogP contribution in [-0.4, -0.2) is 34.6 Å². The van der Waals surface area contributed by atoms with Gasteiger partial charge in [0.25, 0.3) is 0 Å². The number of anilines is 3. The van der Waals surface area contributed by atoms with Crippen molar-refractivity contribution in [2.75, 3.05) is 29.9 Å². The molecular weight excluding hydrogens is 429 g/mol. The molecule has 3 aromatic rings. The maximum Gasteiger partial charge on any atom is 0.227 e. The Morgan fingerprint density at radius 1 is 1.18 bits per heavy atom. The molecule has 0 unspecified atom stereocenters. The molecule has 0 bridgehead atoms. The summed E-state index contributed by atoms with van der Waals surface area (Å²) in [5.74, 6) is 2.08. The van der Waals surface area contributed by atoms with Crippen molar-refractivity contribution in [1.29, 1.82) is 0 Å². The van der Waals surface area contributed by atoms with Crippen molar-refractivity contribution in [3.05, 3.63) is 65.4 Å². The van der Waals surface area contributed by atoms with Crippen molar-refractivity contribution in [3.8, 4) is 5.75 Å². The second kappa shape index (κ2) is 10.8. The summed E-state index contributed by atoms with van der Waals surface area (Å²) in [6.45, 7) is 10.5. The van der Waals surface area contributed by atoms with E-state index in [9.17, 15) is 4.39 Å². The molecule has 0 radical (unpaired) electrons. The summed E-state index contributed by atoms with van der Waals surface area (Å²) in [6.07, 6.45) is 8.13. The molecular formula is C27H34FN5O. The number of piperidine rings is 1. The number of ether oxygens (including phenoxy) is 1. The maximum atomic E-state index is 14.7. The Labute approximate surface area is 201 Å². The van der Waals surface area contributed by atoms with Gasteiger partial charge in [-0.2, -0.15) is 4.98 Å². The third-order valence-corrected chi connectivity index (χ3v) is 6.43. The van der Waals surface area contributed by atoms with E-state index in [1.807, 2.05) is 38.4 Å². The van der Waals surface area contributed by atoms with Gasteiger partial charge in [0.05, 0.1) is 12.8 Å². The van der Waals surface area contributed by atoms with E-state index in [1.165, 1.54) is 11.8 Å². The summed E-state index contributed by atoms with van der Waals surface area (Å²) >= 11 is 0. The molecule has 1 N–H and O–H groups in total. The molecule has 0 atom stereocenters. The van der Waals surface area contributed by atoms with E-state index in [1.54, 1.807) is 0 Å². The minimum absolute atomic E-state index is 0.200. The predicted molar refractivity (Wildman–Crippen MR) is 135 cm³/mol. The van der Waals surface area contributed by atoms with Crippen molar-refractivity contribution in [1.82, 2.24) is 15.0 Å². The molecule has 4 rings (SSSR count). The van der Waals surface area contributed by atoms with Gasteiger partial charge in [-0.05, 0) is 85.9 Å². The minimum Gasteiger partial charge on any atom is -0.494 e. The van der Waals surface area contributed by atoms with E-state index < -0.39 is 5.82 Å². The first kappa shape index (κ1) is 23.9. The second-order valence-corrected chi connectivity index (χ2v) is 9.27. The first-order valence-corrected chi connectivity index (χ1v) is 12.1. The van der Waals surface area contributed by atoms with E-state index in [0.29, 0.717) is 18.5 Å². The zero-order valence-electron chi connectivity index (χ0n) is 20.5. The van der Waals surface area contributed by atoms with Crippen LogP contribution in [0.25, 0.3) is 0 Å². The predicted octanol–water partition coefficient (Wildman–Crippen LogP) is 6.04. The number of nitrogens with one attached hydrogen (secondary N) is 1. The maximum absolute atomic E-state index is 14.7. The quantitative estimate of drug-likeness (QED) is 0.439. The number of hydrogen-bond donors (Lipinski definition) is 1. The van der Waals surface area contributed by atoms with E-state index in [-0.39, 0.29) is 11.7 Å². The molecule has 34 heavy (non-hydrogen) atoms. The molecule has 0 saturated carbocycles. The largest absolute Gasteiger partial charge is 0.494 e. The van der Waals surface area contributed by atoms with Crippen LogP contribution < -0.4 is 15.0 Å². The smallest absolute Gasteiger partial charge is 0.227 e. The van der Waals surface area contributed by atoms with Gasteiger partial charge in [-0.3, -0.25) is 4.98 Å².